The summed E-state index contributed by atoms with van der Waals surface area (Å²) in [7, 11) is 0. The zero-order valence-corrected chi connectivity index (χ0v) is 9.90. The molecule has 0 aromatic heterocycles. The molecule has 1 heterocycles. The Hall–Kier alpha value is 0.230. The van der Waals surface area contributed by atoms with E-state index >= 15 is 0 Å². The minimum Gasteiger partial charge on any atom is -0.386 e. The number of rotatable bonds is 6. The predicted octanol–water partition coefficient (Wildman–Crippen LogP) is 0.869. The van der Waals surface area contributed by atoms with Crippen molar-refractivity contribution in [3.05, 3.63) is 0 Å². The first-order valence-electron chi connectivity index (χ1n) is 5.23. The smallest absolute Gasteiger partial charge is 0.105 e. The van der Waals surface area contributed by atoms with E-state index in [-0.39, 0.29) is 6.10 Å². The largest absolute Gasteiger partial charge is 0.386 e. The van der Waals surface area contributed by atoms with Crippen LogP contribution in [0.2, 0.25) is 0 Å². The molecule has 0 aromatic rings. The molecule has 4 heteroatoms. The predicted molar refractivity (Wildman–Crippen MR) is 60.8 cm³/mol. The standard InChI is InChI=1S/C10H21NO2S/c1-9-10(12,4-6-13-9)8-11-5-3-7-14-2/h9,11-12H,3-8H2,1-2H3. The highest BCUT2D eigenvalue weighted by Gasteiger charge is 2.38. The molecule has 84 valence electrons. The molecule has 2 atom stereocenters. The zero-order chi connectivity index (χ0) is 10.4. The molecule has 2 N–H and O–H groups in total. The summed E-state index contributed by atoms with van der Waals surface area (Å²) in [4.78, 5) is 0. The van der Waals surface area contributed by atoms with Gasteiger partial charge in [0.05, 0.1) is 6.10 Å². The van der Waals surface area contributed by atoms with Crippen molar-refractivity contribution in [1.29, 1.82) is 0 Å². The molecule has 0 bridgehead atoms. The third-order valence-corrected chi connectivity index (χ3v) is 3.49. The van der Waals surface area contributed by atoms with Crippen LogP contribution >= 0.6 is 11.8 Å². The molecule has 1 aliphatic heterocycles. The Morgan fingerprint density at radius 3 is 3.00 bits per heavy atom. The highest BCUT2D eigenvalue weighted by Crippen LogP contribution is 2.24. The van der Waals surface area contributed by atoms with E-state index in [0.717, 1.165) is 19.4 Å². The summed E-state index contributed by atoms with van der Waals surface area (Å²) >= 11 is 1.86. The maximum atomic E-state index is 10.1. The second-order valence-electron chi connectivity index (χ2n) is 3.89. The summed E-state index contributed by atoms with van der Waals surface area (Å²) in [5.74, 6) is 1.18. The number of aliphatic hydroxyl groups is 1. The average molecular weight is 219 g/mol. The number of thioether (sulfide) groups is 1. The number of nitrogens with one attached hydrogen (secondary N) is 1. The van der Waals surface area contributed by atoms with Gasteiger partial charge in [-0.05, 0) is 31.9 Å². The SMILES string of the molecule is CSCCCNCC1(O)CCOC1C. The highest BCUT2D eigenvalue weighted by atomic mass is 32.2. The normalized spacial score (nSPS) is 32.4. The number of ether oxygens (including phenoxy) is 1. The van der Waals surface area contributed by atoms with Crippen LogP contribution in [0.3, 0.4) is 0 Å². The molecular formula is C10H21NO2S. The molecule has 1 fully saturated rings. The third kappa shape index (κ3) is 3.42. The first kappa shape index (κ1) is 12.3. The molecule has 1 aliphatic rings. The molecule has 3 nitrogen and oxygen atoms in total. The van der Waals surface area contributed by atoms with Crippen molar-refractivity contribution in [1.82, 2.24) is 5.32 Å². The molecule has 0 spiro atoms. The van der Waals surface area contributed by atoms with Gasteiger partial charge in [-0.15, -0.1) is 0 Å². The molecule has 0 radical (unpaired) electrons. The zero-order valence-electron chi connectivity index (χ0n) is 9.08. The van der Waals surface area contributed by atoms with Crippen LogP contribution < -0.4 is 5.32 Å². The quantitative estimate of drug-likeness (QED) is 0.650. The van der Waals surface area contributed by atoms with Crippen LogP contribution in [0.5, 0.6) is 0 Å². The molecule has 0 aliphatic carbocycles. The lowest BCUT2D eigenvalue weighted by Gasteiger charge is -2.26. The Bertz CT molecular complexity index is 168. The molecule has 14 heavy (non-hydrogen) atoms. The van der Waals surface area contributed by atoms with Crippen molar-refractivity contribution >= 4 is 11.8 Å². The van der Waals surface area contributed by atoms with E-state index < -0.39 is 5.60 Å². The van der Waals surface area contributed by atoms with Crippen molar-refractivity contribution in [2.24, 2.45) is 0 Å². The molecule has 0 saturated carbocycles. The van der Waals surface area contributed by atoms with E-state index in [1.54, 1.807) is 0 Å². The summed E-state index contributed by atoms with van der Waals surface area (Å²) < 4.78 is 5.35. The van der Waals surface area contributed by atoms with Gasteiger partial charge in [0.25, 0.3) is 0 Å². The second-order valence-corrected chi connectivity index (χ2v) is 4.88. The van der Waals surface area contributed by atoms with E-state index in [1.807, 2.05) is 18.7 Å². The van der Waals surface area contributed by atoms with Crippen LogP contribution in [0.1, 0.15) is 19.8 Å². The Morgan fingerprint density at radius 1 is 1.64 bits per heavy atom. The molecular weight excluding hydrogens is 198 g/mol. The number of hydrogen-bond donors (Lipinski definition) is 2. The Kier molecular flexibility index (Phi) is 5.23. The topological polar surface area (TPSA) is 41.5 Å². The van der Waals surface area contributed by atoms with Gasteiger partial charge in [-0.3, -0.25) is 0 Å². The van der Waals surface area contributed by atoms with Crippen molar-refractivity contribution in [2.75, 3.05) is 31.7 Å². The van der Waals surface area contributed by atoms with E-state index in [4.69, 9.17) is 4.74 Å². The van der Waals surface area contributed by atoms with Crippen molar-refractivity contribution < 1.29 is 9.84 Å². The minimum atomic E-state index is -0.640. The van der Waals surface area contributed by atoms with Gasteiger partial charge in [-0.25, -0.2) is 0 Å². The van der Waals surface area contributed by atoms with Gasteiger partial charge in [-0.1, -0.05) is 0 Å². The van der Waals surface area contributed by atoms with Gasteiger partial charge in [-0.2, -0.15) is 11.8 Å². The van der Waals surface area contributed by atoms with Crippen LogP contribution in [0.25, 0.3) is 0 Å². The van der Waals surface area contributed by atoms with Crippen molar-refractivity contribution in [2.45, 2.75) is 31.5 Å². The Balaban J connectivity index is 2.10. The first-order valence-corrected chi connectivity index (χ1v) is 6.62. The summed E-state index contributed by atoms with van der Waals surface area (Å²) in [6.07, 6.45) is 3.99. The van der Waals surface area contributed by atoms with E-state index in [2.05, 4.69) is 11.6 Å². The maximum absolute atomic E-state index is 10.1. The lowest BCUT2D eigenvalue weighted by Crippen LogP contribution is -2.46. The fourth-order valence-corrected chi connectivity index (χ4v) is 2.08. The lowest BCUT2D eigenvalue weighted by atomic mass is 9.97. The van der Waals surface area contributed by atoms with E-state index in [9.17, 15) is 5.11 Å². The van der Waals surface area contributed by atoms with Gasteiger partial charge < -0.3 is 15.2 Å². The molecule has 0 amide bonds. The fraction of sp³-hybridized carbons (Fsp3) is 1.00. The van der Waals surface area contributed by atoms with Gasteiger partial charge in [0, 0.05) is 19.6 Å². The minimum absolute atomic E-state index is 0.0319. The Morgan fingerprint density at radius 2 is 2.43 bits per heavy atom. The van der Waals surface area contributed by atoms with Crippen molar-refractivity contribution in [3.8, 4) is 0 Å². The second kappa shape index (κ2) is 5.95. The molecule has 1 rings (SSSR count). The first-order chi connectivity index (χ1) is 6.69. The molecule has 0 aromatic carbocycles. The van der Waals surface area contributed by atoms with Gasteiger partial charge in [0.1, 0.15) is 5.60 Å². The summed E-state index contributed by atoms with van der Waals surface area (Å²) in [5.41, 5.74) is -0.640. The number of hydrogen-bond acceptors (Lipinski definition) is 4. The van der Waals surface area contributed by atoms with E-state index in [0.29, 0.717) is 13.2 Å². The summed E-state index contributed by atoms with van der Waals surface area (Å²) in [6.45, 7) is 4.26. The maximum Gasteiger partial charge on any atom is 0.105 e. The highest BCUT2D eigenvalue weighted by molar-refractivity contribution is 7.98. The van der Waals surface area contributed by atoms with Gasteiger partial charge in [0.15, 0.2) is 0 Å². The fourth-order valence-electron chi connectivity index (χ4n) is 1.65. The lowest BCUT2D eigenvalue weighted by molar-refractivity contribution is -0.0259. The Labute approximate surface area is 90.6 Å². The molecule has 1 saturated heterocycles. The van der Waals surface area contributed by atoms with Crippen LogP contribution in [0.4, 0.5) is 0 Å². The summed E-state index contributed by atoms with van der Waals surface area (Å²) in [6, 6.07) is 0. The molecule has 2 unspecified atom stereocenters. The average Bonchev–Trinajstić information content (AvgIpc) is 2.47. The van der Waals surface area contributed by atoms with Crippen LogP contribution in [-0.4, -0.2) is 48.5 Å². The van der Waals surface area contributed by atoms with Crippen LogP contribution in [0.15, 0.2) is 0 Å². The van der Waals surface area contributed by atoms with Gasteiger partial charge in [0.2, 0.25) is 0 Å². The third-order valence-electron chi connectivity index (χ3n) is 2.79. The van der Waals surface area contributed by atoms with Crippen LogP contribution in [0, 0.1) is 0 Å². The van der Waals surface area contributed by atoms with Crippen LogP contribution in [-0.2, 0) is 4.74 Å². The van der Waals surface area contributed by atoms with Gasteiger partial charge >= 0.3 is 0 Å². The monoisotopic (exact) mass is 219 g/mol. The van der Waals surface area contributed by atoms with E-state index in [1.165, 1.54) is 5.75 Å². The van der Waals surface area contributed by atoms with Crippen molar-refractivity contribution in [3.63, 3.8) is 0 Å². The summed E-state index contributed by atoms with van der Waals surface area (Å²) in [5, 5.41) is 13.4.